The first-order valence-electron chi connectivity index (χ1n) is 8.13. The van der Waals surface area contributed by atoms with Crippen LogP contribution in [0.3, 0.4) is 0 Å². The minimum absolute atomic E-state index is 0.0945. The van der Waals surface area contributed by atoms with Crippen molar-refractivity contribution in [2.75, 3.05) is 20.2 Å². The number of nitrogens with zero attached hydrogens (tertiary/aromatic N) is 1. The summed E-state index contributed by atoms with van der Waals surface area (Å²) < 4.78 is 5.65. The van der Waals surface area contributed by atoms with E-state index in [2.05, 4.69) is 16.9 Å². The fraction of sp³-hybridized carbons (Fsp3) is 0.500. The Hall–Kier alpha value is -1.65. The molecule has 1 fully saturated rings. The highest BCUT2D eigenvalue weighted by molar-refractivity contribution is 5.78. The molecule has 0 bridgehead atoms. The van der Waals surface area contributed by atoms with Gasteiger partial charge in [-0.15, -0.1) is 0 Å². The zero-order valence-corrected chi connectivity index (χ0v) is 13.2. The number of benzene rings is 1. The van der Waals surface area contributed by atoms with Gasteiger partial charge in [0, 0.05) is 35.8 Å². The van der Waals surface area contributed by atoms with Crippen LogP contribution in [0.1, 0.15) is 31.4 Å². The third-order valence-electron chi connectivity index (χ3n) is 4.32. The SMILES string of the molecule is CN(CCC[C@H]1CCCO1)Cc1cc(=O)c2ccccc2[nH]1. The molecule has 0 unspecified atom stereocenters. The summed E-state index contributed by atoms with van der Waals surface area (Å²) in [6.45, 7) is 2.72. The zero-order valence-electron chi connectivity index (χ0n) is 13.2. The van der Waals surface area contributed by atoms with Crippen molar-refractivity contribution in [2.45, 2.75) is 38.3 Å². The first-order chi connectivity index (χ1) is 10.7. The molecule has 1 N–H and O–H groups in total. The number of H-pyrrole nitrogens is 1. The second kappa shape index (κ2) is 7.07. The van der Waals surface area contributed by atoms with Gasteiger partial charge >= 0.3 is 0 Å². The number of ether oxygens (including phenoxy) is 1. The highest BCUT2D eigenvalue weighted by Gasteiger charge is 2.15. The Kier molecular flexibility index (Phi) is 4.90. The van der Waals surface area contributed by atoms with Gasteiger partial charge in [-0.1, -0.05) is 12.1 Å². The van der Waals surface area contributed by atoms with E-state index >= 15 is 0 Å². The lowest BCUT2D eigenvalue weighted by Crippen LogP contribution is -2.22. The van der Waals surface area contributed by atoms with Gasteiger partial charge in [-0.2, -0.15) is 0 Å². The molecule has 2 aromatic rings. The molecule has 1 saturated heterocycles. The van der Waals surface area contributed by atoms with Crippen molar-refractivity contribution in [1.29, 1.82) is 0 Å². The molecule has 0 aliphatic carbocycles. The Morgan fingerprint density at radius 2 is 2.23 bits per heavy atom. The quantitative estimate of drug-likeness (QED) is 0.892. The van der Waals surface area contributed by atoms with Crippen LogP contribution < -0.4 is 5.43 Å². The number of rotatable bonds is 6. The van der Waals surface area contributed by atoms with Crippen LogP contribution in [0, 0.1) is 0 Å². The maximum absolute atomic E-state index is 12.1. The van der Waals surface area contributed by atoms with E-state index in [1.807, 2.05) is 24.3 Å². The Bertz CT molecular complexity index is 674. The second-order valence-corrected chi connectivity index (χ2v) is 6.22. The van der Waals surface area contributed by atoms with Gasteiger partial charge in [0.1, 0.15) is 0 Å². The minimum atomic E-state index is 0.0945. The van der Waals surface area contributed by atoms with Crippen molar-refractivity contribution in [2.24, 2.45) is 0 Å². The van der Waals surface area contributed by atoms with E-state index in [1.54, 1.807) is 6.07 Å². The molecular weight excluding hydrogens is 276 g/mol. The van der Waals surface area contributed by atoms with Crippen molar-refractivity contribution in [1.82, 2.24) is 9.88 Å². The van der Waals surface area contributed by atoms with Crippen molar-refractivity contribution in [3.05, 3.63) is 46.2 Å². The zero-order chi connectivity index (χ0) is 15.4. The smallest absolute Gasteiger partial charge is 0.189 e. The Morgan fingerprint density at radius 3 is 3.05 bits per heavy atom. The first kappa shape index (κ1) is 15.3. The number of nitrogens with one attached hydrogen (secondary N) is 1. The Morgan fingerprint density at radius 1 is 1.36 bits per heavy atom. The van der Waals surface area contributed by atoms with Gasteiger partial charge in [0.2, 0.25) is 0 Å². The average Bonchev–Trinajstić information content (AvgIpc) is 3.00. The molecule has 4 heteroatoms. The highest BCUT2D eigenvalue weighted by atomic mass is 16.5. The van der Waals surface area contributed by atoms with E-state index in [4.69, 9.17) is 4.74 Å². The van der Waals surface area contributed by atoms with Gasteiger partial charge < -0.3 is 14.6 Å². The van der Waals surface area contributed by atoms with Crippen LogP contribution in [-0.4, -0.2) is 36.2 Å². The normalized spacial score (nSPS) is 18.4. The van der Waals surface area contributed by atoms with Crippen molar-refractivity contribution < 1.29 is 4.74 Å². The average molecular weight is 300 g/mol. The van der Waals surface area contributed by atoms with Crippen LogP contribution in [0.2, 0.25) is 0 Å². The third-order valence-corrected chi connectivity index (χ3v) is 4.32. The number of pyridine rings is 1. The van der Waals surface area contributed by atoms with Gasteiger partial charge in [0.05, 0.1) is 6.10 Å². The summed E-state index contributed by atoms with van der Waals surface area (Å²) >= 11 is 0. The van der Waals surface area contributed by atoms with Gasteiger partial charge in [-0.25, -0.2) is 0 Å². The first-order valence-corrected chi connectivity index (χ1v) is 8.13. The van der Waals surface area contributed by atoms with Crippen molar-refractivity contribution >= 4 is 10.9 Å². The van der Waals surface area contributed by atoms with E-state index in [9.17, 15) is 4.79 Å². The Labute approximate surface area is 131 Å². The predicted octanol–water partition coefficient (Wildman–Crippen LogP) is 2.92. The molecule has 1 aromatic carbocycles. The summed E-state index contributed by atoms with van der Waals surface area (Å²) in [5, 5.41) is 0.757. The minimum Gasteiger partial charge on any atom is -0.378 e. The van der Waals surface area contributed by atoms with Gasteiger partial charge in [-0.3, -0.25) is 4.79 Å². The number of aromatic amines is 1. The second-order valence-electron chi connectivity index (χ2n) is 6.22. The Balaban J connectivity index is 1.56. The summed E-state index contributed by atoms with van der Waals surface area (Å²) in [6, 6.07) is 9.39. The molecular formula is C18H24N2O2. The van der Waals surface area contributed by atoms with Crippen molar-refractivity contribution in [3.8, 4) is 0 Å². The summed E-state index contributed by atoms with van der Waals surface area (Å²) in [6.07, 6.45) is 5.16. The van der Waals surface area contributed by atoms with Crippen LogP contribution in [-0.2, 0) is 11.3 Å². The maximum atomic E-state index is 12.1. The van der Waals surface area contributed by atoms with Crippen LogP contribution >= 0.6 is 0 Å². The molecule has 1 aliphatic rings. The molecule has 4 nitrogen and oxygen atoms in total. The van der Waals surface area contributed by atoms with Crippen LogP contribution in [0.5, 0.6) is 0 Å². The number of para-hydroxylation sites is 1. The van der Waals surface area contributed by atoms with Crippen LogP contribution in [0.4, 0.5) is 0 Å². The van der Waals surface area contributed by atoms with Crippen LogP contribution in [0.25, 0.3) is 10.9 Å². The number of hydrogen-bond acceptors (Lipinski definition) is 3. The number of fused-ring (bicyclic) bond motifs is 1. The van der Waals surface area contributed by atoms with Gasteiger partial charge in [-0.05, 0) is 51.4 Å². The summed E-state index contributed by atoms with van der Waals surface area (Å²) in [7, 11) is 2.10. The molecule has 0 saturated carbocycles. The molecule has 0 radical (unpaired) electrons. The number of hydrogen-bond donors (Lipinski definition) is 1. The van der Waals surface area contributed by atoms with E-state index in [0.29, 0.717) is 6.10 Å². The van der Waals surface area contributed by atoms with E-state index < -0.39 is 0 Å². The fourth-order valence-electron chi connectivity index (χ4n) is 3.17. The standard InChI is InChI=1S/C18H24N2O2/c1-20(10-4-6-15-7-5-11-22-15)13-14-12-18(21)16-8-2-3-9-17(16)19-14/h2-3,8-9,12,15H,4-7,10-11,13H2,1H3,(H,19,21)/t15-/m0/s1. The topological polar surface area (TPSA) is 45.3 Å². The molecule has 1 aromatic heterocycles. The largest absolute Gasteiger partial charge is 0.378 e. The summed E-state index contributed by atoms with van der Waals surface area (Å²) in [4.78, 5) is 17.7. The monoisotopic (exact) mass is 300 g/mol. The van der Waals surface area contributed by atoms with Crippen molar-refractivity contribution in [3.63, 3.8) is 0 Å². The predicted molar refractivity (Wildman–Crippen MR) is 89.1 cm³/mol. The molecule has 22 heavy (non-hydrogen) atoms. The third kappa shape index (κ3) is 3.76. The van der Waals surface area contributed by atoms with E-state index in [1.165, 1.54) is 12.8 Å². The molecule has 1 atom stereocenters. The molecule has 2 heterocycles. The molecule has 0 spiro atoms. The van der Waals surface area contributed by atoms with E-state index in [0.717, 1.165) is 49.1 Å². The van der Waals surface area contributed by atoms with Crippen LogP contribution in [0.15, 0.2) is 35.1 Å². The molecule has 1 aliphatic heterocycles. The van der Waals surface area contributed by atoms with Gasteiger partial charge in [0.25, 0.3) is 0 Å². The molecule has 3 rings (SSSR count). The summed E-state index contributed by atoms with van der Waals surface area (Å²) in [5.41, 5.74) is 1.98. The fourth-order valence-corrected chi connectivity index (χ4v) is 3.17. The number of aromatic nitrogens is 1. The van der Waals surface area contributed by atoms with Gasteiger partial charge in [0.15, 0.2) is 5.43 Å². The summed E-state index contributed by atoms with van der Waals surface area (Å²) in [5.74, 6) is 0. The lowest BCUT2D eigenvalue weighted by Gasteiger charge is -2.18. The lowest BCUT2D eigenvalue weighted by atomic mass is 10.1. The lowest BCUT2D eigenvalue weighted by molar-refractivity contribution is 0.0995. The molecule has 118 valence electrons. The highest BCUT2D eigenvalue weighted by Crippen LogP contribution is 2.17. The molecule has 0 amide bonds. The maximum Gasteiger partial charge on any atom is 0.189 e. The van der Waals surface area contributed by atoms with E-state index in [-0.39, 0.29) is 5.43 Å².